The van der Waals surface area contributed by atoms with Crippen molar-refractivity contribution in [2.75, 3.05) is 16.4 Å². The van der Waals surface area contributed by atoms with Gasteiger partial charge >= 0.3 is 5.97 Å². The highest BCUT2D eigenvalue weighted by Gasteiger charge is 2.10. The molecule has 0 bridgehead atoms. The van der Waals surface area contributed by atoms with Crippen LogP contribution in [0.25, 0.3) is 0 Å². The van der Waals surface area contributed by atoms with Crippen molar-refractivity contribution in [3.8, 4) is 0 Å². The number of halogens is 2. The van der Waals surface area contributed by atoms with Gasteiger partial charge in [-0.3, -0.25) is 0 Å². The maximum Gasteiger partial charge on any atom is 0.335 e. The third kappa shape index (κ3) is 3.81. The molecule has 0 amide bonds. The van der Waals surface area contributed by atoms with Gasteiger partial charge in [0.15, 0.2) is 11.6 Å². The fourth-order valence-corrected chi connectivity index (χ4v) is 2.32. The number of hydrogen-bond donors (Lipinski definition) is 4. The molecule has 2 aromatic carbocycles. The van der Waals surface area contributed by atoms with Crippen molar-refractivity contribution in [3.05, 3.63) is 65.2 Å². The summed E-state index contributed by atoms with van der Waals surface area (Å²) < 4.78 is 13.2. The molecule has 0 spiro atoms. The minimum atomic E-state index is -1.01. The van der Waals surface area contributed by atoms with Gasteiger partial charge in [-0.25, -0.2) is 19.2 Å². The van der Waals surface area contributed by atoms with E-state index >= 15 is 0 Å². The molecular formula is C17H13ClFN5O2. The Kier molecular flexibility index (Phi) is 4.85. The topological polar surface area (TPSA) is 113 Å². The molecule has 0 saturated carbocycles. The van der Waals surface area contributed by atoms with Crippen LogP contribution in [0, 0.1) is 5.82 Å². The number of nitrogens with one attached hydrogen (secondary N) is 2. The van der Waals surface area contributed by atoms with Crippen molar-refractivity contribution in [1.29, 1.82) is 0 Å². The molecule has 0 aliphatic carbocycles. The summed E-state index contributed by atoms with van der Waals surface area (Å²) in [6.45, 7) is 0. The second-order valence-electron chi connectivity index (χ2n) is 5.25. The van der Waals surface area contributed by atoms with Crippen LogP contribution in [0.15, 0.2) is 48.8 Å². The molecule has 9 heteroatoms. The van der Waals surface area contributed by atoms with Gasteiger partial charge in [0, 0.05) is 11.4 Å². The lowest BCUT2D eigenvalue weighted by Crippen LogP contribution is -2.05. The highest BCUT2D eigenvalue weighted by atomic mass is 35.5. The third-order valence-electron chi connectivity index (χ3n) is 3.46. The van der Waals surface area contributed by atoms with Crippen LogP contribution in [0.1, 0.15) is 10.4 Å². The molecule has 3 aromatic rings. The van der Waals surface area contributed by atoms with Crippen LogP contribution >= 0.6 is 11.6 Å². The van der Waals surface area contributed by atoms with Gasteiger partial charge < -0.3 is 21.5 Å². The number of aromatic nitrogens is 2. The number of rotatable bonds is 5. The van der Waals surface area contributed by atoms with Gasteiger partial charge in [0.05, 0.1) is 10.6 Å². The number of nitrogens with zero attached hydrogens (tertiary/aromatic N) is 2. The summed E-state index contributed by atoms with van der Waals surface area (Å²) >= 11 is 5.76. The van der Waals surface area contributed by atoms with E-state index in [9.17, 15) is 9.18 Å². The lowest BCUT2D eigenvalue weighted by Gasteiger charge is -2.13. The Bertz CT molecular complexity index is 966. The van der Waals surface area contributed by atoms with Gasteiger partial charge in [-0.05, 0) is 42.5 Å². The second kappa shape index (κ2) is 7.24. The number of nitrogen functional groups attached to an aromatic ring is 1. The predicted molar refractivity (Wildman–Crippen MR) is 97.8 cm³/mol. The fourth-order valence-electron chi connectivity index (χ4n) is 2.14. The Balaban J connectivity index is 1.82. The first kappa shape index (κ1) is 17.4. The molecule has 0 atom stereocenters. The van der Waals surface area contributed by atoms with E-state index in [0.717, 1.165) is 0 Å². The zero-order valence-electron chi connectivity index (χ0n) is 13.2. The molecule has 26 heavy (non-hydrogen) atoms. The minimum absolute atomic E-state index is 0.0282. The van der Waals surface area contributed by atoms with E-state index in [2.05, 4.69) is 20.6 Å². The monoisotopic (exact) mass is 373 g/mol. The summed E-state index contributed by atoms with van der Waals surface area (Å²) in [6.07, 6.45) is 1.30. The molecule has 0 aliphatic heterocycles. The third-order valence-corrected chi connectivity index (χ3v) is 3.75. The van der Waals surface area contributed by atoms with Crippen LogP contribution in [-0.2, 0) is 0 Å². The van der Waals surface area contributed by atoms with Gasteiger partial charge in [0.2, 0.25) is 0 Å². The lowest BCUT2D eigenvalue weighted by atomic mass is 10.2. The van der Waals surface area contributed by atoms with E-state index in [1.165, 1.54) is 36.7 Å². The van der Waals surface area contributed by atoms with Crippen LogP contribution in [0.3, 0.4) is 0 Å². The molecule has 1 aromatic heterocycles. The number of carboxylic acids is 1. The molecule has 5 N–H and O–H groups in total. The first-order valence-corrected chi connectivity index (χ1v) is 7.75. The van der Waals surface area contributed by atoms with Crippen molar-refractivity contribution in [1.82, 2.24) is 9.97 Å². The number of aromatic carboxylic acids is 1. The van der Waals surface area contributed by atoms with E-state index < -0.39 is 11.8 Å². The Morgan fingerprint density at radius 2 is 1.62 bits per heavy atom. The highest BCUT2D eigenvalue weighted by molar-refractivity contribution is 6.31. The van der Waals surface area contributed by atoms with E-state index in [4.69, 9.17) is 22.4 Å². The van der Waals surface area contributed by atoms with Crippen molar-refractivity contribution >= 4 is 46.3 Å². The maximum atomic E-state index is 13.2. The SMILES string of the molecule is Nc1c(Nc2ccc(C(=O)O)cc2)ncnc1Nc1ccc(F)c(Cl)c1. The highest BCUT2D eigenvalue weighted by Crippen LogP contribution is 2.29. The Morgan fingerprint density at radius 3 is 2.19 bits per heavy atom. The van der Waals surface area contributed by atoms with Crippen LogP contribution in [0.4, 0.5) is 33.1 Å². The number of carboxylic acid groups (broad SMARTS) is 1. The van der Waals surface area contributed by atoms with Gasteiger partial charge in [0.1, 0.15) is 17.8 Å². The average Bonchev–Trinajstić information content (AvgIpc) is 2.62. The summed E-state index contributed by atoms with van der Waals surface area (Å²) in [5.74, 6) is -0.895. The van der Waals surface area contributed by atoms with Crippen LogP contribution in [0.2, 0.25) is 5.02 Å². The van der Waals surface area contributed by atoms with Crippen molar-refractivity contribution in [2.45, 2.75) is 0 Å². The minimum Gasteiger partial charge on any atom is -0.478 e. The average molecular weight is 374 g/mol. The number of hydrogen-bond acceptors (Lipinski definition) is 6. The summed E-state index contributed by atoms with van der Waals surface area (Å²) in [5.41, 5.74) is 7.59. The molecule has 0 unspecified atom stereocenters. The summed E-state index contributed by atoms with van der Waals surface area (Å²) in [7, 11) is 0. The summed E-state index contributed by atoms with van der Waals surface area (Å²) in [6, 6.07) is 10.3. The standard InChI is InChI=1S/C17H13ClFN5O2/c18-12-7-11(5-6-13(12)19)24-16-14(20)15(21-8-22-16)23-10-3-1-9(2-4-10)17(25)26/h1-8H,20H2,(H,25,26)(H2,21,22,23,24). The zero-order chi connectivity index (χ0) is 18.7. The predicted octanol–water partition coefficient (Wildman–Crippen LogP) is 4.04. The molecule has 1 heterocycles. The Morgan fingerprint density at radius 1 is 1.04 bits per heavy atom. The normalized spacial score (nSPS) is 10.4. The zero-order valence-corrected chi connectivity index (χ0v) is 14.0. The Labute approximate surface area is 152 Å². The molecule has 3 rings (SSSR count). The van der Waals surface area contributed by atoms with E-state index in [1.54, 1.807) is 12.1 Å². The van der Waals surface area contributed by atoms with Crippen molar-refractivity contribution < 1.29 is 14.3 Å². The van der Waals surface area contributed by atoms with E-state index in [-0.39, 0.29) is 16.3 Å². The van der Waals surface area contributed by atoms with Gasteiger partial charge in [-0.1, -0.05) is 11.6 Å². The van der Waals surface area contributed by atoms with Gasteiger partial charge in [-0.2, -0.15) is 0 Å². The Hall–Kier alpha value is -3.39. The van der Waals surface area contributed by atoms with Crippen molar-refractivity contribution in [2.24, 2.45) is 0 Å². The lowest BCUT2D eigenvalue weighted by molar-refractivity contribution is 0.0697. The van der Waals surface area contributed by atoms with Gasteiger partial charge in [-0.15, -0.1) is 0 Å². The molecular weight excluding hydrogens is 361 g/mol. The number of carbonyl (C=O) groups is 1. The van der Waals surface area contributed by atoms with Gasteiger partial charge in [0.25, 0.3) is 0 Å². The van der Waals surface area contributed by atoms with Crippen LogP contribution < -0.4 is 16.4 Å². The van der Waals surface area contributed by atoms with Crippen molar-refractivity contribution in [3.63, 3.8) is 0 Å². The maximum absolute atomic E-state index is 13.2. The smallest absolute Gasteiger partial charge is 0.335 e. The number of anilines is 5. The van der Waals surface area contributed by atoms with Crippen LogP contribution in [-0.4, -0.2) is 21.0 Å². The summed E-state index contributed by atoms with van der Waals surface area (Å²) in [5, 5.41) is 14.8. The van der Waals surface area contributed by atoms with E-state index in [1.807, 2.05) is 0 Å². The molecule has 0 radical (unpaired) electrons. The second-order valence-corrected chi connectivity index (χ2v) is 5.65. The largest absolute Gasteiger partial charge is 0.478 e. The first-order chi connectivity index (χ1) is 12.4. The molecule has 0 saturated heterocycles. The first-order valence-electron chi connectivity index (χ1n) is 7.37. The molecule has 0 aliphatic rings. The fraction of sp³-hybridized carbons (Fsp3) is 0. The molecule has 0 fully saturated rings. The molecule has 7 nitrogen and oxygen atoms in total. The number of benzene rings is 2. The summed E-state index contributed by atoms with van der Waals surface area (Å²) in [4.78, 5) is 19.0. The quantitative estimate of drug-likeness (QED) is 0.533. The van der Waals surface area contributed by atoms with E-state index in [0.29, 0.717) is 23.0 Å². The number of nitrogens with two attached hydrogens (primary N) is 1. The molecule has 132 valence electrons. The van der Waals surface area contributed by atoms with Crippen LogP contribution in [0.5, 0.6) is 0 Å².